The zero-order chi connectivity index (χ0) is 18.1. The lowest BCUT2D eigenvalue weighted by molar-refractivity contribution is -0.123. The minimum absolute atomic E-state index is 0.0272. The number of hydrogen-bond donors (Lipinski definition) is 1. The number of amides is 2. The molecule has 3 aromatic rings. The van der Waals surface area contributed by atoms with E-state index in [1.165, 1.54) is 4.90 Å². The number of para-hydroxylation sites is 2. The summed E-state index contributed by atoms with van der Waals surface area (Å²) in [4.78, 5) is 26.0. The Morgan fingerprint density at radius 3 is 2.62 bits per heavy atom. The smallest absolute Gasteiger partial charge is 0.265 e. The van der Waals surface area contributed by atoms with Gasteiger partial charge in [0.05, 0.1) is 11.4 Å². The molecular formula is C20H15ClN2O3. The van der Waals surface area contributed by atoms with E-state index in [1.54, 1.807) is 24.3 Å². The number of benzene rings is 3. The first-order valence-corrected chi connectivity index (χ1v) is 8.50. The first-order chi connectivity index (χ1) is 12.6. The fourth-order valence-corrected chi connectivity index (χ4v) is 3.26. The van der Waals surface area contributed by atoms with Crippen molar-refractivity contribution in [3.8, 4) is 5.75 Å². The Labute approximate surface area is 155 Å². The highest BCUT2D eigenvalue weighted by molar-refractivity contribution is 6.35. The van der Waals surface area contributed by atoms with Gasteiger partial charge >= 0.3 is 0 Å². The molecule has 0 saturated heterocycles. The molecule has 0 aliphatic carbocycles. The molecule has 0 bridgehead atoms. The van der Waals surface area contributed by atoms with Crippen LogP contribution in [0.2, 0.25) is 5.02 Å². The molecule has 130 valence electrons. The maximum absolute atomic E-state index is 12.7. The van der Waals surface area contributed by atoms with Crippen LogP contribution in [-0.4, -0.2) is 25.0 Å². The number of halogens is 1. The zero-order valence-corrected chi connectivity index (χ0v) is 14.5. The first-order valence-electron chi connectivity index (χ1n) is 8.13. The fourth-order valence-electron chi connectivity index (χ4n) is 3.03. The van der Waals surface area contributed by atoms with Crippen molar-refractivity contribution < 1.29 is 14.3 Å². The molecule has 26 heavy (non-hydrogen) atoms. The second kappa shape index (κ2) is 6.69. The number of fused-ring (bicyclic) bond motifs is 2. The molecular weight excluding hydrogens is 352 g/mol. The van der Waals surface area contributed by atoms with Gasteiger partial charge < -0.3 is 10.1 Å². The maximum atomic E-state index is 12.7. The molecule has 1 heterocycles. The summed E-state index contributed by atoms with van der Waals surface area (Å²) in [5.74, 6) is 0.0634. The quantitative estimate of drug-likeness (QED) is 0.765. The molecule has 0 unspecified atom stereocenters. The number of rotatable bonds is 3. The van der Waals surface area contributed by atoms with Gasteiger partial charge in [0.1, 0.15) is 12.3 Å². The Bertz CT molecular complexity index is 1020. The lowest BCUT2D eigenvalue weighted by Gasteiger charge is -2.29. The van der Waals surface area contributed by atoms with Crippen molar-refractivity contribution >= 4 is 45.6 Å². The Hall–Kier alpha value is -3.05. The summed E-state index contributed by atoms with van der Waals surface area (Å²) in [6.07, 6.45) is 0. The lowest BCUT2D eigenvalue weighted by atomic mass is 10.1. The number of nitrogens with one attached hydrogen (secondary N) is 1. The van der Waals surface area contributed by atoms with Crippen LogP contribution in [0.3, 0.4) is 0 Å². The van der Waals surface area contributed by atoms with Crippen molar-refractivity contribution in [1.29, 1.82) is 0 Å². The molecule has 1 N–H and O–H groups in total. The summed E-state index contributed by atoms with van der Waals surface area (Å²) < 4.78 is 5.76. The maximum Gasteiger partial charge on any atom is 0.265 e. The SMILES string of the molecule is O=C1CN(C(=O)COc2ccc(Cl)c3ccccc23)c2ccccc2N1. The standard InChI is InChI=1S/C20H15ClN2O3/c21-15-9-10-18(14-6-2-1-5-13(14)15)26-12-20(25)23-11-19(24)22-16-7-3-4-8-17(16)23/h1-10H,11-12H2,(H,22,24). The number of nitrogens with zero attached hydrogens (tertiary/aromatic N) is 1. The molecule has 3 aromatic carbocycles. The van der Waals surface area contributed by atoms with Crippen LogP contribution in [0.5, 0.6) is 5.75 Å². The predicted molar refractivity (Wildman–Crippen MR) is 102 cm³/mol. The highest BCUT2D eigenvalue weighted by Gasteiger charge is 2.26. The molecule has 0 radical (unpaired) electrons. The largest absolute Gasteiger partial charge is 0.483 e. The van der Waals surface area contributed by atoms with Crippen LogP contribution >= 0.6 is 11.6 Å². The van der Waals surface area contributed by atoms with Gasteiger partial charge in [-0.15, -0.1) is 0 Å². The topological polar surface area (TPSA) is 58.6 Å². The summed E-state index contributed by atoms with van der Waals surface area (Å²) in [6.45, 7) is -0.201. The summed E-state index contributed by atoms with van der Waals surface area (Å²) in [7, 11) is 0. The fraction of sp³-hybridized carbons (Fsp3) is 0.100. The molecule has 0 saturated carbocycles. The van der Waals surface area contributed by atoms with Crippen LogP contribution in [0.1, 0.15) is 0 Å². The van der Waals surface area contributed by atoms with Crippen LogP contribution < -0.4 is 15.0 Å². The van der Waals surface area contributed by atoms with E-state index < -0.39 is 0 Å². The summed E-state index contributed by atoms with van der Waals surface area (Å²) in [5, 5.41) is 5.09. The Morgan fingerprint density at radius 2 is 1.77 bits per heavy atom. The van der Waals surface area contributed by atoms with Crippen LogP contribution in [0.25, 0.3) is 10.8 Å². The Balaban J connectivity index is 1.57. The third kappa shape index (κ3) is 2.97. The highest BCUT2D eigenvalue weighted by Crippen LogP contribution is 2.32. The molecule has 6 heteroatoms. The van der Waals surface area contributed by atoms with Crippen molar-refractivity contribution in [3.63, 3.8) is 0 Å². The molecule has 4 rings (SSSR count). The summed E-state index contributed by atoms with van der Waals surface area (Å²) in [5.41, 5.74) is 1.29. The van der Waals surface area contributed by atoms with Gasteiger partial charge in [-0.2, -0.15) is 0 Å². The number of carbonyl (C=O) groups is 2. The van der Waals surface area contributed by atoms with Gasteiger partial charge in [-0.3, -0.25) is 14.5 Å². The molecule has 1 aliphatic rings. The van der Waals surface area contributed by atoms with Crippen molar-refractivity contribution in [3.05, 3.63) is 65.7 Å². The van der Waals surface area contributed by atoms with E-state index in [9.17, 15) is 9.59 Å². The molecule has 1 aliphatic heterocycles. The van der Waals surface area contributed by atoms with Gasteiger partial charge in [-0.25, -0.2) is 0 Å². The molecule has 5 nitrogen and oxygen atoms in total. The minimum Gasteiger partial charge on any atom is -0.483 e. The molecule has 0 aromatic heterocycles. The molecule has 0 fully saturated rings. The van der Waals surface area contributed by atoms with Crippen molar-refractivity contribution in [2.75, 3.05) is 23.4 Å². The van der Waals surface area contributed by atoms with Gasteiger partial charge in [0.25, 0.3) is 5.91 Å². The van der Waals surface area contributed by atoms with E-state index in [0.717, 1.165) is 10.8 Å². The van der Waals surface area contributed by atoms with E-state index >= 15 is 0 Å². The second-order valence-corrected chi connectivity index (χ2v) is 6.33. The van der Waals surface area contributed by atoms with E-state index in [0.29, 0.717) is 22.1 Å². The van der Waals surface area contributed by atoms with Gasteiger partial charge in [0.15, 0.2) is 6.61 Å². The minimum atomic E-state index is -0.286. The number of carbonyl (C=O) groups excluding carboxylic acids is 2. The van der Waals surface area contributed by atoms with Crippen molar-refractivity contribution in [2.45, 2.75) is 0 Å². The highest BCUT2D eigenvalue weighted by atomic mass is 35.5. The van der Waals surface area contributed by atoms with E-state index in [2.05, 4.69) is 5.32 Å². The van der Waals surface area contributed by atoms with Gasteiger partial charge in [-0.05, 0) is 24.3 Å². The first kappa shape index (κ1) is 16.4. The Morgan fingerprint density at radius 1 is 1.04 bits per heavy atom. The normalized spacial score (nSPS) is 13.3. The van der Waals surface area contributed by atoms with E-state index in [1.807, 2.05) is 36.4 Å². The molecule has 0 atom stereocenters. The van der Waals surface area contributed by atoms with Crippen molar-refractivity contribution in [2.24, 2.45) is 0 Å². The van der Waals surface area contributed by atoms with Crippen LogP contribution in [0.15, 0.2) is 60.7 Å². The lowest BCUT2D eigenvalue weighted by Crippen LogP contribution is -2.44. The molecule has 0 spiro atoms. The Kier molecular flexibility index (Phi) is 4.22. The van der Waals surface area contributed by atoms with Crippen LogP contribution in [0, 0.1) is 0 Å². The second-order valence-electron chi connectivity index (χ2n) is 5.92. The average Bonchev–Trinajstić information content (AvgIpc) is 2.67. The summed E-state index contributed by atoms with van der Waals surface area (Å²) >= 11 is 6.21. The van der Waals surface area contributed by atoms with Crippen molar-refractivity contribution in [1.82, 2.24) is 0 Å². The molecule has 2 amide bonds. The zero-order valence-electron chi connectivity index (χ0n) is 13.7. The van der Waals surface area contributed by atoms with E-state index in [4.69, 9.17) is 16.3 Å². The van der Waals surface area contributed by atoms with Gasteiger partial charge in [0.2, 0.25) is 5.91 Å². The van der Waals surface area contributed by atoms with Gasteiger partial charge in [0, 0.05) is 15.8 Å². The average molecular weight is 367 g/mol. The van der Waals surface area contributed by atoms with Crippen LogP contribution in [0.4, 0.5) is 11.4 Å². The monoisotopic (exact) mass is 366 g/mol. The van der Waals surface area contributed by atoms with Crippen LogP contribution in [-0.2, 0) is 9.59 Å². The third-order valence-electron chi connectivity index (χ3n) is 4.25. The number of anilines is 2. The van der Waals surface area contributed by atoms with Gasteiger partial charge in [-0.1, -0.05) is 48.0 Å². The predicted octanol–water partition coefficient (Wildman–Crippen LogP) is 3.86. The number of ether oxygens (including phenoxy) is 1. The van der Waals surface area contributed by atoms with E-state index in [-0.39, 0.29) is 25.0 Å². The summed E-state index contributed by atoms with van der Waals surface area (Å²) in [6, 6.07) is 18.3. The number of hydrogen-bond acceptors (Lipinski definition) is 3. The third-order valence-corrected chi connectivity index (χ3v) is 4.58.